The van der Waals surface area contributed by atoms with Crippen molar-refractivity contribution in [3.05, 3.63) is 66.0 Å². The highest BCUT2D eigenvalue weighted by molar-refractivity contribution is 5.65. The Kier molecular flexibility index (Phi) is 3.21. The van der Waals surface area contributed by atoms with Gasteiger partial charge >= 0.3 is 0 Å². The second kappa shape index (κ2) is 5.05. The van der Waals surface area contributed by atoms with Crippen LogP contribution in [0.4, 0.5) is 13.2 Å². The van der Waals surface area contributed by atoms with Crippen LogP contribution in [0.2, 0.25) is 0 Å². The molecule has 2 heterocycles. The maximum absolute atomic E-state index is 13.8. The Morgan fingerprint density at radius 2 is 1.67 bits per heavy atom. The van der Waals surface area contributed by atoms with Crippen molar-refractivity contribution >= 4 is 0 Å². The van der Waals surface area contributed by atoms with E-state index in [4.69, 9.17) is 0 Å². The average molecular weight is 289 g/mol. The Hall–Kier alpha value is -2.63. The van der Waals surface area contributed by atoms with Crippen molar-refractivity contribution in [3.8, 4) is 16.8 Å². The van der Waals surface area contributed by atoms with Gasteiger partial charge in [-0.25, -0.2) is 17.9 Å². The molecule has 106 valence electrons. The van der Waals surface area contributed by atoms with Gasteiger partial charge in [0.2, 0.25) is 0 Å². The van der Waals surface area contributed by atoms with Crippen molar-refractivity contribution in [2.75, 3.05) is 0 Å². The van der Waals surface area contributed by atoms with Crippen LogP contribution in [0.15, 0.2) is 42.9 Å². The number of rotatable bonds is 2. The minimum Gasteiger partial charge on any atom is -0.265 e. The van der Waals surface area contributed by atoms with Gasteiger partial charge in [-0.05, 0) is 36.8 Å². The van der Waals surface area contributed by atoms with Crippen molar-refractivity contribution in [1.82, 2.24) is 14.8 Å². The fourth-order valence-electron chi connectivity index (χ4n) is 2.09. The van der Waals surface area contributed by atoms with E-state index in [-0.39, 0.29) is 5.69 Å². The number of pyridine rings is 1. The molecule has 0 N–H and O–H groups in total. The summed E-state index contributed by atoms with van der Waals surface area (Å²) in [6.07, 6.45) is 4.83. The molecule has 0 aliphatic heterocycles. The predicted molar refractivity (Wildman–Crippen MR) is 71.4 cm³/mol. The summed E-state index contributed by atoms with van der Waals surface area (Å²) in [5.41, 5.74) is 2.13. The fourth-order valence-corrected chi connectivity index (χ4v) is 2.09. The molecule has 6 heteroatoms. The number of halogens is 3. The number of aryl methyl sites for hydroxylation is 1. The lowest BCUT2D eigenvalue weighted by Crippen LogP contribution is -2.02. The average Bonchev–Trinajstić information content (AvgIpc) is 2.87. The van der Waals surface area contributed by atoms with Crippen molar-refractivity contribution < 1.29 is 13.2 Å². The summed E-state index contributed by atoms with van der Waals surface area (Å²) in [7, 11) is 0. The number of hydrogen-bond donors (Lipinski definition) is 0. The molecule has 0 aliphatic rings. The fraction of sp³-hybridized carbons (Fsp3) is 0.0667. The quantitative estimate of drug-likeness (QED) is 0.674. The Bertz CT molecular complexity index is 797. The molecule has 0 aliphatic carbocycles. The second-order valence-electron chi connectivity index (χ2n) is 4.50. The topological polar surface area (TPSA) is 30.7 Å². The first-order chi connectivity index (χ1) is 10.1. The monoisotopic (exact) mass is 289 g/mol. The zero-order valence-corrected chi connectivity index (χ0v) is 11.0. The molecule has 0 spiro atoms. The van der Waals surface area contributed by atoms with Gasteiger partial charge < -0.3 is 0 Å². The molecule has 3 aromatic rings. The van der Waals surface area contributed by atoms with Crippen LogP contribution < -0.4 is 0 Å². The smallest absolute Gasteiger partial charge is 0.196 e. The molecule has 0 atom stereocenters. The third-order valence-corrected chi connectivity index (χ3v) is 3.15. The molecular formula is C15H10F3N3. The standard InChI is InChI=1S/C15H10F3N3/c1-9-11(10-4-6-19-7-5-10)8-21(20-9)13-3-2-12(16)14(17)15(13)18/h2-8H,1H3. The normalized spacial score (nSPS) is 10.9. The summed E-state index contributed by atoms with van der Waals surface area (Å²) >= 11 is 0. The molecule has 3 nitrogen and oxygen atoms in total. The van der Waals surface area contributed by atoms with Gasteiger partial charge in [0.05, 0.1) is 5.69 Å². The van der Waals surface area contributed by atoms with Crippen LogP contribution in [-0.2, 0) is 0 Å². The van der Waals surface area contributed by atoms with Crippen LogP contribution in [0, 0.1) is 24.4 Å². The molecule has 0 saturated carbocycles. The van der Waals surface area contributed by atoms with Gasteiger partial charge in [0.1, 0.15) is 5.69 Å². The van der Waals surface area contributed by atoms with E-state index in [0.29, 0.717) is 5.69 Å². The number of hydrogen-bond acceptors (Lipinski definition) is 2. The third kappa shape index (κ3) is 2.29. The third-order valence-electron chi connectivity index (χ3n) is 3.15. The zero-order valence-electron chi connectivity index (χ0n) is 11.0. The Morgan fingerprint density at radius 1 is 0.952 bits per heavy atom. The minimum absolute atomic E-state index is 0.141. The summed E-state index contributed by atoms with van der Waals surface area (Å²) < 4.78 is 41.3. The largest absolute Gasteiger partial charge is 0.265 e. The highest BCUT2D eigenvalue weighted by Gasteiger charge is 2.17. The SMILES string of the molecule is Cc1nn(-c2ccc(F)c(F)c2F)cc1-c1ccncc1. The molecule has 1 aromatic carbocycles. The molecule has 0 amide bonds. The number of nitrogens with zero attached hydrogens (tertiary/aromatic N) is 3. The van der Waals surface area contributed by atoms with Gasteiger partial charge in [-0.3, -0.25) is 4.98 Å². The van der Waals surface area contributed by atoms with Crippen molar-refractivity contribution in [2.45, 2.75) is 6.92 Å². The van der Waals surface area contributed by atoms with Crippen molar-refractivity contribution in [1.29, 1.82) is 0 Å². The van der Waals surface area contributed by atoms with Gasteiger partial charge in [-0.2, -0.15) is 5.10 Å². The molecule has 0 unspecified atom stereocenters. The van der Waals surface area contributed by atoms with Crippen LogP contribution in [0.1, 0.15) is 5.69 Å². The van der Waals surface area contributed by atoms with E-state index in [9.17, 15) is 13.2 Å². The van der Waals surface area contributed by atoms with Crippen LogP contribution in [0.25, 0.3) is 16.8 Å². The molecule has 0 saturated heterocycles. The predicted octanol–water partition coefficient (Wildman–Crippen LogP) is 3.66. The molecule has 21 heavy (non-hydrogen) atoms. The van der Waals surface area contributed by atoms with Crippen LogP contribution in [-0.4, -0.2) is 14.8 Å². The summed E-state index contributed by atoms with van der Waals surface area (Å²) in [4.78, 5) is 3.92. The van der Waals surface area contributed by atoms with E-state index in [0.717, 1.165) is 23.3 Å². The van der Waals surface area contributed by atoms with E-state index in [1.807, 2.05) is 0 Å². The summed E-state index contributed by atoms with van der Waals surface area (Å²) in [6, 6.07) is 5.60. The first-order valence-corrected chi connectivity index (χ1v) is 6.18. The van der Waals surface area contributed by atoms with E-state index < -0.39 is 17.5 Å². The lowest BCUT2D eigenvalue weighted by atomic mass is 10.1. The van der Waals surface area contributed by atoms with Gasteiger partial charge in [-0.15, -0.1) is 0 Å². The van der Waals surface area contributed by atoms with Gasteiger partial charge in [0.15, 0.2) is 17.5 Å². The van der Waals surface area contributed by atoms with Gasteiger partial charge in [0, 0.05) is 24.2 Å². The Balaban J connectivity index is 2.12. The summed E-state index contributed by atoms with van der Waals surface area (Å²) in [6.45, 7) is 1.75. The van der Waals surface area contributed by atoms with E-state index >= 15 is 0 Å². The lowest BCUT2D eigenvalue weighted by molar-refractivity contribution is 0.443. The van der Waals surface area contributed by atoms with E-state index in [1.54, 1.807) is 37.6 Å². The summed E-state index contributed by atoms with van der Waals surface area (Å²) in [5.74, 6) is -4.00. The number of benzene rings is 1. The van der Waals surface area contributed by atoms with Crippen LogP contribution in [0.5, 0.6) is 0 Å². The Labute approximate surface area is 118 Å². The van der Waals surface area contributed by atoms with Crippen molar-refractivity contribution in [3.63, 3.8) is 0 Å². The zero-order chi connectivity index (χ0) is 15.0. The molecule has 0 bridgehead atoms. The highest BCUT2D eigenvalue weighted by atomic mass is 19.2. The molecular weight excluding hydrogens is 279 g/mol. The molecule has 0 fully saturated rings. The van der Waals surface area contributed by atoms with Crippen LogP contribution in [0.3, 0.4) is 0 Å². The lowest BCUT2D eigenvalue weighted by Gasteiger charge is -2.04. The molecule has 0 radical (unpaired) electrons. The van der Waals surface area contributed by atoms with E-state index in [2.05, 4.69) is 10.1 Å². The Morgan fingerprint density at radius 3 is 2.38 bits per heavy atom. The molecule has 2 aromatic heterocycles. The maximum atomic E-state index is 13.8. The summed E-state index contributed by atoms with van der Waals surface area (Å²) in [5, 5.41) is 4.16. The van der Waals surface area contributed by atoms with Gasteiger partial charge in [-0.1, -0.05) is 0 Å². The molecule has 3 rings (SSSR count). The first-order valence-electron chi connectivity index (χ1n) is 6.18. The van der Waals surface area contributed by atoms with Gasteiger partial charge in [0.25, 0.3) is 0 Å². The minimum atomic E-state index is -1.51. The van der Waals surface area contributed by atoms with Crippen LogP contribution >= 0.6 is 0 Å². The van der Waals surface area contributed by atoms with Crippen molar-refractivity contribution in [2.24, 2.45) is 0 Å². The first kappa shape index (κ1) is 13.4. The maximum Gasteiger partial charge on any atom is 0.196 e. The number of aromatic nitrogens is 3. The van der Waals surface area contributed by atoms with E-state index in [1.165, 1.54) is 4.68 Å². The highest BCUT2D eigenvalue weighted by Crippen LogP contribution is 2.25. The second-order valence-corrected chi connectivity index (χ2v) is 4.50.